The molecule has 0 unspecified atom stereocenters. The Hall–Kier alpha value is -1.82. The van der Waals surface area contributed by atoms with Gasteiger partial charge in [0.1, 0.15) is 5.82 Å². The van der Waals surface area contributed by atoms with E-state index < -0.39 is 0 Å². The van der Waals surface area contributed by atoms with Gasteiger partial charge in [0.05, 0.1) is 0 Å². The van der Waals surface area contributed by atoms with Gasteiger partial charge in [-0.25, -0.2) is 9.78 Å². The largest absolute Gasteiger partial charge is 0.354 e. The number of nitrogens with one attached hydrogen (secondary N) is 2. The lowest BCUT2D eigenvalue weighted by atomic mass is 9.97. The van der Waals surface area contributed by atoms with Gasteiger partial charge >= 0.3 is 6.03 Å². The molecule has 1 aliphatic carbocycles. The number of amides is 2. The van der Waals surface area contributed by atoms with E-state index in [2.05, 4.69) is 38.5 Å². The SMILES string of the molecule is CN1CCN(c2cc(CNC(=O)NC3CCCCCCC3)ccn2)CC1. The van der Waals surface area contributed by atoms with Gasteiger partial charge in [0.25, 0.3) is 0 Å². The maximum Gasteiger partial charge on any atom is 0.315 e. The van der Waals surface area contributed by atoms with Crippen LogP contribution in [0.1, 0.15) is 50.5 Å². The van der Waals surface area contributed by atoms with E-state index in [9.17, 15) is 4.79 Å². The Bertz CT molecular complexity index is 563. The zero-order chi connectivity index (χ0) is 18.2. The number of carbonyl (C=O) groups excluding carboxylic acids is 1. The van der Waals surface area contributed by atoms with Gasteiger partial charge in [0.2, 0.25) is 0 Å². The van der Waals surface area contributed by atoms with Crippen molar-refractivity contribution in [2.75, 3.05) is 38.1 Å². The second-order valence-corrected chi connectivity index (χ2v) is 7.68. The third-order valence-corrected chi connectivity index (χ3v) is 5.53. The zero-order valence-electron chi connectivity index (χ0n) is 16.0. The standard InChI is InChI=1S/C20H33N5O/c1-24-11-13-25(14-12-24)19-15-17(9-10-21-19)16-22-20(26)23-18-7-5-3-2-4-6-8-18/h9-10,15,18H,2-8,11-14,16H2,1H3,(H2,22,23,26). The fraction of sp³-hybridized carbons (Fsp3) is 0.700. The molecule has 6 heteroatoms. The minimum Gasteiger partial charge on any atom is -0.354 e. The number of pyridine rings is 1. The third-order valence-electron chi connectivity index (χ3n) is 5.53. The Labute approximate surface area is 157 Å². The number of anilines is 1. The quantitative estimate of drug-likeness (QED) is 0.868. The van der Waals surface area contributed by atoms with Crippen LogP contribution < -0.4 is 15.5 Å². The first kappa shape index (κ1) is 19.0. The molecule has 1 saturated heterocycles. The molecule has 2 amide bonds. The molecule has 0 aromatic carbocycles. The number of piperazine rings is 1. The van der Waals surface area contributed by atoms with E-state index in [-0.39, 0.29) is 6.03 Å². The van der Waals surface area contributed by atoms with Gasteiger partial charge in [0.15, 0.2) is 0 Å². The van der Waals surface area contributed by atoms with Crippen molar-refractivity contribution in [3.05, 3.63) is 23.9 Å². The second kappa shape index (κ2) is 9.76. The number of hydrogen-bond donors (Lipinski definition) is 2. The van der Waals surface area contributed by atoms with Gasteiger partial charge in [-0.05, 0) is 37.6 Å². The van der Waals surface area contributed by atoms with Crippen LogP contribution in [0, 0.1) is 0 Å². The number of aromatic nitrogens is 1. The maximum absolute atomic E-state index is 12.3. The maximum atomic E-state index is 12.3. The lowest BCUT2D eigenvalue weighted by Crippen LogP contribution is -2.45. The smallest absolute Gasteiger partial charge is 0.315 e. The van der Waals surface area contributed by atoms with Crippen molar-refractivity contribution in [2.24, 2.45) is 0 Å². The van der Waals surface area contributed by atoms with Gasteiger partial charge in [-0.3, -0.25) is 0 Å². The topological polar surface area (TPSA) is 60.5 Å². The summed E-state index contributed by atoms with van der Waals surface area (Å²) in [5, 5.41) is 6.17. The summed E-state index contributed by atoms with van der Waals surface area (Å²) < 4.78 is 0. The monoisotopic (exact) mass is 359 g/mol. The highest BCUT2D eigenvalue weighted by molar-refractivity contribution is 5.74. The molecule has 2 N–H and O–H groups in total. The van der Waals surface area contributed by atoms with Crippen molar-refractivity contribution < 1.29 is 4.79 Å². The molecule has 0 bridgehead atoms. The average Bonchev–Trinajstić information content (AvgIpc) is 2.63. The highest BCUT2D eigenvalue weighted by Gasteiger charge is 2.16. The van der Waals surface area contributed by atoms with E-state index in [0.29, 0.717) is 12.6 Å². The van der Waals surface area contributed by atoms with Crippen molar-refractivity contribution >= 4 is 11.8 Å². The number of urea groups is 1. The summed E-state index contributed by atoms with van der Waals surface area (Å²) >= 11 is 0. The van der Waals surface area contributed by atoms with Crippen LogP contribution >= 0.6 is 0 Å². The van der Waals surface area contributed by atoms with Crippen LogP contribution in [-0.2, 0) is 6.54 Å². The van der Waals surface area contributed by atoms with Crippen LogP contribution in [0.5, 0.6) is 0 Å². The van der Waals surface area contributed by atoms with E-state index in [4.69, 9.17) is 0 Å². The molecule has 1 aromatic rings. The molecule has 0 radical (unpaired) electrons. The molecule has 0 atom stereocenters. The molecule has 1 aliphatic heterocycles. The molecule has 6 nitrogen and oxygen atoms in total. The molecule has 2 heterocycles. The fourth-order valence-corrected chi connectivity index (χ4v) is 3.80. The normalized spacial score (nSPS) is 20.3. The zero-order valence-corrected chi connectivity index (χ0v) is 16.0. The predicted octanol–water partition coefficient (Wildman–Crippen LogP) is 2.75. The minimum atomic E-state index is -0.0477. The Morgan fingerprint density at radius 1 is 1.12 bits per heavy atom. The van der Waals surface area contributed by atoms with Crippen LogP contribution in [0.4, 0.5) is 10.6 Å². The Morgan fingerprint density at radius 2 is 1.81 bits per heavy atom. The highest BCUT2D eigenvalue weighted by Crippen LogP contribution is 2.17. The summed E-state index contributed by atoms with van der Waals surface area (Å²) in [6, 6.07) is 4.36. The van der Waals surface area contributed by atoms with Crippen LogP contribution in [0.15, 0.2) is 18.3 Å². The van der Waals surface area contributed by atoms with Crippen LogP contribution in [-0.4, -0.2) is 55.2 Å². The fourth-order valence-electron chi connectivity index (χ4n) is 3.80. The van der Waals surface area contributed by atoms with Crippen LogP contribution in [0.2, 0.25) is 0 Å². The summed E-state index contributed by atoms with van der Waals surface area (Å²) in [5.41, 5.74) is 1.10. The van der Waals surface area contributed by atoms with Crippen LogP contribution in [0.25, 0.3) is 0 Å². The Morgan fingerprint density at radius 3 is 2.54 bits per heavy atom. The van der Waals surface area contributed by atoms with E-state index >= 15 is 0 Å². The third kappa shape index (κ3) is 5.87. The van der Waals surface area contributed by atoms with E-state index in [1.807, 2.05) is 12.3 Å². The molecule has 1 saturated carbocycles. The first-order valence-electron chi connectivity index (χ1n) is 10.1. The minimum absolute atomic E-state index is 0.0477. The molecular formula is C20H33N5O. The van der Waals surface area contributed by atoms with Gasteiger partial charge < -0.3 is 20.4 Å². The average molecular weight is 360 g/mol. The van der Waals surface area contributed by atoms with Crippen molar-refractivity contribution in [3.63, 3.8) is 0 Å². The summed E-state index contributed by atoms with van der Waals surface area (Å²) in [5.74, 6) is 1.01. The van der Waals surface area contributed by atoms with Gasteiger partial charge in [0, 0.05) is 45.0 Å². The van der Waals surface area contributed by atoms with E-state index in [1.165, 1.54) is 32.1 Å². The number of likely N-dealkylation sites (N-methyl/N-ethyl adjacent to an activating group) is 1. The number of carbonyl (C=O) groups is 1. The predicted molar refractivity (Wildman–Crippen MR) is 105 cm³/mol. The first-order chi connectivity index (χ1) is 12.7. The summed E-state index contributed by atoms with van der Waals surface area (Å²) in [4.78, 5) is 21.4. The number of rotatable bonds is 4. The van der Waals surface area contributed by atoms with E-state index in [0.717, 1.165) is 50.4 Å². The lowest BCUT2D eigenvalue weighted by molar-refractivity contribution is 0.233. The molecule has 26 heavy (non-hydrogen) atoms. The summed E-state index contributed by atoms with van der Waals surface area (Å²) in [6.45, 7) is 4.68. The Kier molecular flexibility index (Phi) is 7.12. The molecule has 1 aromatic heterocycles. The molecule has 2 aliphatic rings. The Balaban J connectivity index is 1.46. The van der Waals surface area contributed by atoms with Gasteiger partial charge in [-0.15, -0.1) is 0 Å². The van der Waals surface area contributed by atoms with Crippen LogP contribution in [0.3, 0.4) is 0 Å². The molecule has 2 fully saturated rings. The number of hydrogen-bond acceptors (Lipinski definition) is 4. The summed E-state index contributed by atoms with van der Waals surface area (Å²) in [7, 11) is 2.15. The number of nitrogens with zero attached hydrogens (tertiary/aromatic N) is 3. The first-order valence-corrected chi connectivity index (χ1v) is 10.1. The second-order valence-electron chi connectivity index (χ2n) is 7.68. The highest BCUT2D eigenvalue weighted by atomic mass is 16.2. The molecular weight excluding hydrogens is 326 g/mol. The molecule has 3 rings (SSSR count). The van der Waals surface area contributed by atoms with Gasteiger partial charge in [-0.1, -0.05) is 32.1 Å². The van der Waals surface area contributed by atoms with Gasteiger partial charge in [-0.2, -0.15) is 0 Å². The van der Waals surface area contributed by atoms with Crippen molar-refractivity contribution in [2.45, 2.75) is 57.5 Å². The van der Waals surface area contributed by atoms with Crippen molar-refractivity contribution in [1.82, 2.24) is 20.5 Å². The van der Waals surface area contributed by atoms with E-state index in [1.54, 1.807) is 0 Å². The van der Waals surface area contributed by atoms with Crippen molar-refractivity contribution in [3.8, 4) is 0 Å². The lowest BCUT2D eigenvalue weighted by Gasteiger charge is -2.33. The summed E-state index contributed by atoms with van der Waals surface area (Å²) in [6.07, 6.45) is 10.4. The molecule has 0 spiro atoms. The van der Waals surface area contributed by atoms with Crippen molar-refractivity contribution in [1.29, 1.82) is 0 Å². The molecule has 144 valence electrons.